The van der Waals surface area contributed by atoms with Crippen LogP contribution in [0.5, 0.6) is 0 Å². The van der Waals surface area contributed by atoms with Gasteiger partial charge in [-0.1, -0.05) is 160 Å². The monoisotopic (exact) mass is 471 g/mol. The lowest BCUT2D eigenvalue weighted by Gasteiger charge is -2.26. The highest BCUT2D eigenvalue weighted by Crippen LogP contribution is 2.22. The number of aryl methyl sites for hydroxylation is 1. The van der Waals surface area contributed by atoms with Gasteiger partial charge in [-0.05, 0) is 31.4 Å². The summed E-state index contributed by atoms with van der Waals surface area (Å²) < 4.78 is 0. The van der Waals surface area contributed by atoms with Gasteiger partial charge in [0.25, 0.3) is 0 Å². The molecular weight excluding hydrogens is 410 g/mol. The standard InChI is InChI=1S/C33H61N/c1-4-6-8-10-12-14-16-17-19-21-23-27-31-34(33-29-25-24-28-32(33)3)30-26-22-20-18-15-13-11-9-7-5-2/h24-25,28-29H,4-23,26-27,30-31H2,1-3H3. The normalized spacial score (nSPS) is 11.3. The maximum Gasteiger partial charge on any atom is 0.0395 e. The molecule has 1 nitrogen and oxygen atoms in total. The van der Waals surface area contributed by atoms with Crippen molar-refractivity contribution in [1.82, 2.24) is 0 Å². The fraction of sp³-hybridized carbons (Fsp3) is 0.818. The van der Waals surface area contributed by atoms with Gasteiger partial charge in [-0.15, -0.1) is 0 Å². The Morgan fingerprint density at radius 3 is 1.12 bits per heavy atom. The lowest BCUT2D eigenvalue weighted by Crippen LogP contribution is -2.26. The molecule has 0 unspecified atom stereocenters. The maximum atomic E-state index is 2.69. The zero-order valence-electron chi connectivity index (χ0n) is 23.7. The molecular formula is C33H61N. The third kappa shape index (κ3) is 17.5. The number of anilines is 1. The van der Waals surface area contributed by atoms with Crippen LogP contribution in [0.15, 0.2) is 24.3 Å². The third-order valence-electron chi connectivity index (χ3n) is 7.52. The van der Waals surface area contributed by atoms with Crippen LogP contribution in [0.1, 0.15) is 161 Å². The van der Waals surface area contributed by atoms with Crippen molar-refractivity contribution in [2.24, 2.45) is 0 Å². The average molecular weight is 472 g/mol. The van der Waals surface area contributed by atoms with Crippen LogP contribution < -0.4 is 4.90 Å². The summed E-state index contributed by atoms with van der Waals surface area (Å²) in [6.07, 6.45) is 31.3. The summed E-state index contributed by atoms with van der Waals surface area (Å²) in [5.74, 6) is 0. The molecule has 0 atom stereocenters. The van der Waals surface area contributed by atoms with Crippen molar-refractivity contribution in [1.29, 1.82) is 0 Å². The van der Waals surface area contributed by atoms with Gasteiger partial charge >= 0.3 is 0 Å². The predicted molar refractivity (Wildman–Crippen MR) is 156 cm³/mol. The van der Waals surface area contributed by atoms with Gasteiger partial charge in [0.2, 0.25) is 0 Å². The lowest BCUT2D eigenvalue weighted by atomic mass is 10.0. The first-order chi connectivity index (χ1) is 16.8. The van der Waals surface area contributed by atoms with Crippen LogP contribution in [-0.4, -0.2) is 13.1 Å². The van der Waals surface area contributed by atoms with E-state index in [1.54, 1.807) is 0 Å². The number of nitrogens with zero attached hydrogens (tertiary/aromatic N) is 1. The molecule has 198 valence electrons. The van der Waals surface area contributed by atoms with Gasteiger partial charge in [-0.25, -0.2) is 0 Å². The van der Waals surface area contributed by atoms with E-state index in [9.17, 15) is 0 Å². The zero-order valence-corrected chi connectivity index (χ0v) is 23.7. The quantitative estimate of drug-likeness (QED) is 0.128. The number of hydrogen-bond acceptors (Lipinski definition) is 1. The molecule has 0 aliphatic heterocycles. The number of rotatable bonds is 25. The SMILES string of the molecule is CCCCCCCCCCCCCCN(CCCCCCCCCCCC)c1ccccc1C. The number of hydrogen-bond donors (Lipinski definition) is 0. The summed E-state index contributed by atoms with van der Waals surface area (Å²) in [6, 6.07) is 9.02. The van der Waals surface area contributed by atoms with Crippen LogP contribution in [0.2, 0.25) is 0 Å². The smallest absolute Gasteiger partial charge is 0.0395 e. The number of benzene rings is 1. The largest absolute Gasteiger partial charge is 0.371 e. The summed E-state index contributed by atoms with van der Waals surface area (Å²) in [6.45, 7) is 9.36. The van der Waals surface area contributed by atoms with Crippen LogP contribution in [0.25, 0.3) is 0 Å². The van der Waals surface area contributed by atoms with Gasteiger partial charge in [0.1, 0.15) is 0 Å². The summed E-state index contributed by atoms with van der Waals surface area (Å²) >= 11 is 0. The summed E-state index contributed by atoms with van der Waals surface area (Å²) in [5, 5.41) is 0. The Balaban J connectivity index is 2.14. The molecule has 0 radical (unpaired) electrons. The van der Waals surface area contributed by atoms with Crippen LogP contribution in [-0.2, 0) is 0 Å². The minimum absolute atomic E-state index is 1.24. The third-order valence-corrected chi connectivity index (χ3v) is 7.52. The molecule has 0 saturated heterocycles. The Hall–Kier alpha value is -0.980. The second-order valence-electron chi connectivity index (χ2n) is 10.8. The highest BCUT2D eigenvalue weighted by Gasteiger charge is 2.08. The molecule has 1 heteroatoms. The van der Waals surface area contributed by atoms with E-state index in [0.29, 0.717) is 0 Å². The van der Waals surface area contributed by atoms with E-state index in [1.165, 1.54) is 166 Å². The highest BCUT2D eigenvalue weighted by molar-refractivity contribution is 5.52. The molecule has 0 bridgehead atoms. The van der Waals surface area contributed by atoms with Gasteiger partial charge < -0.3 is 4.90 Å². The Morgan fingerprint density at radius 1 is 0.441 bits per heavy atom. The molecule has 34 heavy (non-hydrogen) atoms. The highest BCUT2D eigenvalue weighted by atomic mass is 15.1. The fourth-order valence-corrected chi connectivity index (χ4v) is 5.20. The van der Waals surface area contributed by atoms with E-state index >= 15 is 0 Å². The molecule has 0 spiro atoms. The van der Waals surface area contributed by atoms with Crippen LogP contribution in [0.4, 0.5) is 5.69 Å². The lowest BCUT2D eigenvalue weighted by molar-refractivity contribution is 0.537. The second kappa shape index (κ2) is 23.7. The summed E-state index contributed by atoms with van der Waals surface area (Å²) in [5.41, 5.74) is 2.91. The van der Waals surface area contributed by atoms with Crippen molar-refractivity contribution < 1.29 is 0 Å². The molecule has 0 aliphatic carbocycles. The molecule has 0 amide bonds. The van der Waals surface area contributed by atoms with Crippen LogP contribution in [0.3, 0.4) is 0 Å². The second-order valence-corrected chi connectivity index (χ2v) is 10.8. The first kappa shape index (κ1) is 31.1. The van der Waals surface area contributed by atoms with Crippen molar-refractivity contribution in [3.63, 3.8) is 0 Å². The Bertz CT molecular complexity index is 537. The molecule has 0 aromatic heterocycles. The Kier molecular flexibility index (Phi) is 21.7. The zero-order chi connectivity index (χ0) is 24.5. The molecule has 1 aromatic rings. The van der Waals surface area contributed by atoms with Gasteiger partial charge in [-0.2, -0.15) is 0 Å². The van der Waals surface area contributed by atoms with E-state index in [4.69, 9.17) is 0 Å². The number of unbranched alkanes of at least 4 members (excludes halogenated alkanes) is 20. The Labute approximate surface area is 215 Å². The van der Waals surface area contributed by atoms with Crippen molar-refractivity contribution >= 4 is 5.69 Å². The molecule has 0 aliphatic rings. The minimum Gasteiger partial charge on any atom is -0.371 e. The molecule has 0 N–H and O–H groups in total. The minimum atomic E-state index is 1.24. The molecule has 1 rings (SSSR count). The summed E-state index contributed by atoms with van der Waals surface area (Å²) in [4.78, 5) is 2.69. The van der Waals surface area contributed by atoms with Gasteiger partial charge in [0.15, 0.2) is 0 Å². The van der Waals surface area contributed by atoms with Gasteiger partial charge in [0, 0.05) is 18.8 Å². The predicted octanol–water partition coefficient (Wildman–Crippen LogP) is 11.4. The van der Waals surface area contributed by atoms with Crippen LogP contribution >= 0.6 is 0 Å². The van der Waals surface area contributed by atoms with E-state index in [0.717, 1.165) is 0 Å². The first-order valence-electron chi connectivity index (χ1n) is 15.6. The Morgan fingerprint density at radius 2 is 0.765 bits per heavy atom. The van der Waals surface area contributed by atoms with Gasteiger partial charge in [-0.3, -0.25) is 0 Å². The molecule has 1 aromatic carbocycles. The summed E-state index contributed by atoms with van der Waals surface area (Å²) in [7, 11) is 0. The van der Waals surface area contributed by atoms with E-state index < -0.39 is 0 Å². The molecule has 0 saturated carbocycles. The van der Waals surface area contributed by atoms with Crippen molar-refractivity contribution in [3.8, 4) is 0 Å². The van der Waals surface area contributed by atoms with Crippen molar-refractivity contribution in [2.45, 2.75) is 162 Å². The van der Waals surface area contributed by atoms with Gasteiger partial charge in [0.05, 0.1) is 0 Å². The molecule has 0 heterocycles. The van der Waals surface area contributed by atoms with Crippen LogP contribution in [0, 0.1) is 6.92 Å². The van der Waals surface area contributed by atoms with E-state index in [-0.39, 0.29) is 0 Å². The topological polar surface area (TPSA) is 3.24 Å². The average Bonchev–Trinajstić information content (AvgIpc) is 2.85. The fourth-order valence-electron chi connectivity index (χ4n) is 5.20. The first-order valence-corrected chi connectivity index (χ1v) is 15.6. The van der Waals surface area contributed by atoms with E-state index in [2.05, 4.69) is 49.9 Å². The van der Waals surface area contributed by atoms with E-state index in [1.807, 2.05) is 0 Å². The van der Waals surface area contributed by atoms with Crippen molar-refractivity contribution in [2.75, 3.05) is 18.0 Å². The molecule has 0 fully saturated rings. The maximum absolute atomic E-state index is 2.69. The number of para-hydroxylation sites is 1. The van der Waals surface area contributed by atoms with Crippen molar-refractivity contribution in [3.05, 3.63) is 29.8 Å².